The first-order valence-corrected chi connectivity index (χ1v) is 7.22. The van der Waals surface area contributed by atoms with Crippen LogP contribution in [0.15, 0.2) is 42.5 Å². The van der Waals surface area contributed by atoms with Gasteiger partial charge in [-0.25, -0.2) is 0 Å². The van der Waals surface area contributed by atoms with Crippen molar-refractivity contribution in [2.45, 2.75) is 13.0 Å². The molecule has 0 spiro atoms. The number of aliphatic hydroxyl groups is 1. The van der Waals surface area contributed by atoms with Crippen molar-refractivity contribution in [3.63, 3.8) is 0 Å². The minimum atomic E-state index is -0.564. The largest absolute Gasteiger partial charge is 0.394 e. The molecule has 2 aromatic carbocycles. The molecule has 0 aliphatic heterocycles. The summed E-state index contributed by atoms with van der Waals surface area (Å²) in [5.41, 5.74) is 1.01. The molecule has 2 aromatic rings. The summed E-state index contributed by atoms with van der Waals surface area (Å²) in [5.74, 6) is -0.254. The summed E-state index contributed by atoms with van der Waals surface area (Å²) in [6.07, 6.45) is 0. The second-order valence-corrected chi connectivity index (χ2v) is 5.41. The van der Waals surface area contributed by atoms with Crippen molar-refractivity contribution < 1.29 is 14.8 Å². The molecular formula is C16H15ClN2O4. The predicted molar refractivity (Wildman–Crippen MR) is 88.0 cm³/mol. The van der Waals surface area contributed by atoms with E-state index >= 15 is 0 Å². The van der Waals surface area contributed by atoms with E-state index in [4.69, 9.17) is 11.6 Å². The minimum absolute atomic E-state index is 0.217. The molecule has 0 amide bonds. The Hall–Kier alpha value is -2.44. The summed E-state index contributed by atoms with van der Waals surface area (Å²) in [6, 6.07) is 10.5. The molecule has 7 heteroatoms. The molecule has 23 heavy (non-hydrogen) atoms. The predicted octanol–water partition coefficient (Wildman–Crippen LogP) is 3.60. The first-order valence-electron chi connectivity index (χ1n) is 6.84. The summed E-state index contributed by atoms with van der Waals surface area (Å²) < 4.78 is 0. The molecule has 0 aliphatic carbocycles. The third-order valence-corrected chi connectivity index (χ3v) is 3.64. The number of ketones is 1. The number of aliphatic hydroxyl groups excluding tert-OH is 1. The van der Waals surface area contributed by atoms with Crippen molar-refractivity contribution in [3.8, 4) is 0 Å². The number of carbonyl (C=O) groups excluding carboxylic acids is 1. The Morgan fingerprint density at radius 2 is 1.96 bits per heavy atom. The number of hydrogen-bond donors (Lipinski definition) is 2. The highest BCUT2D eigenvalue weighted by Gasteiger charge is 2.19. The molecule has 0 bridgehead atoms. The zero-order valence-corrected chi connectivity index (χ0v) is 13.1. The fourth-order valence-corrected chi connectivity index (χ4v) is 2.27. The monoisotopic (exact) mass is 334 g/mol. The van der Waals surface area contributed by atoms with E-state index in [1.807, 2.05) is 0 Å². The summed E-state index contributed by atoms with van der Waals surface area (Å²) in [5, 5.41) is 24.3. The maximum absolute atomic E-state index is 11.4. The van der Waals surface area contributed by atoms with Crippen LogP contribution in [0.2, 0.25) is 5.02 Å². The summed E-state index contributed by atoms with van der Waals surface area (Å²) in [7, 11) is 0. The molecule has 0 heterocycles. The number of carbonyl (C=O) groups is 1. The van der Waals surface area contributed by atoms with Crippen molar-refractivity contribution >= 4 is 28.8 Å². The van der Waals surface area contributed by atoms with Gasteiger partial charge < -0.3 is 10.4 Å². The van der Waals surface area contributed by atoms with Gasteiger partial charge in [-0.05, 0) is 36.8 Å². The first-order chi connectivity index (χ1) is 10.9. The SMILES string of the molecule is CC(=O)c1ccc(NC(CO)c2ccc(Cl)cc2)c([N+](=O)[O-])c1. The van der Waals surface area contributed by atoms with Gasteiger partial charge in [0.05, 0.1) is 17.6 Å². The lowest BCUT2D eigenvalue weighted by atomic mass is 10.1. The summed E-state index contributed by atoms with van der Waals surface area (Å²) in [6.45, 7) is 1.09. The number of benzene rings is 2. The molecule has 1 unspecified atom stereocenters. The number of nitro groups is 1. The standard InChI is InChI=1S/C16H15ClN2O4/c1-10(21)12-4-7-14(16(8-12)19(22)23)18-15(9-20)11-2-5-13(17)6-3-11/h2-8,15,18,20H,9H2,1H3. The van der Waals surface area contributed by atoms with Crippen LogP contribution in [0.5, 0.6) is 0 Å². The number of anilines is 1. The van der Waals surface area contributed by atoms with E-state index in [9.17, 15) is 20.0 Å². The average molecular weight is 335 g/mol. The van der Waals surface area contributed by atoms with Gasteiger partial charge in [0.2, 0.25) is 0 Å². The van der Waals surface area contributed by atoms with Crippen LogP contribution >= 0.6 is 11.6 Å². The third-order valence-electron chi connectivity index (χ3n) is 3.39. The van der Waals surface area contributed by atoms with Crippen LogP contribution in [0.4, 0.5) is 11.4 Å². The van der Waals surface area contributed by atoms with Crippen molar-refractivity contribution in [2.24, 2.45) is 0 Å². The molecule has 0 radical (unpaired) electrons. The highest BCUT2D eigenvalue weighted by atomic mass is 35.5. The second kappa shape index (κ2) is 7.21. The van der Waals surface area contributed by atoms with E-state index in [0.29, 0.717) is 5.02 Å². The number of nitrogens with one attached hydrogen (secondary N) is 1. The molecule has 120 valence electrons. The molecule has 0 saturated heterocycles. The van der Waals surface area contributed by atoms with Crippen molar-refractivity contribution in [1.82, 2.24) is 0 Å². The van der Waals surface area contributed by atoms with Crippen LogP contribution < -0.4 is 5.32 Å². The number of nitro benzene ring substituents is 1. The highest BCUT2D eigenvalue weighted by molar-refractivity contribution is 6.30. The molecule has 0 fully saturated rings. The van der Waals surface area contributed by atoms with Gasteiger partial charge in [-0.15, -0.1) is 0 Å². The van der Waals surface area contributed by atoms with Crippen molar-refractivity contribution in [2.75, 3.05) is 11.9 Å². The summed E-state index contributed by atoms with van der Waals surface area (Å²) in [4.78, 5) is 22.0. The maximum Gasteiger partial charge on any atom is 0.293 e. The van der Waals surface area contributed by atoms with Crippen LogP contribution in [-0.2, 0) is 0 Å². The van der Waals surface area contributed by atoms with E-state index in [2.05, 4.69) is 5.32 Å². The maximum atomic E-state index is 11.4. The zero-order chi connectivity index (χ0) is 17.0. The number of rotatable bonds is 6. The Balaban J connectivity index is 2.35. The minimum Gasteiger partial charge on any atom is -0.394 e. The van der Waals surface area contributed by atoms with Gasteiger partial charge in [0.1, 0.15) is 5.69 Å². The van der Waals surface area contributed by atoms with Crippen LogP contribution in [0, 0.1) is 10.1 Å². The first kappa shape index (κ1) is 16.9. The topological polar surface area (TPSA) is 92.5 Å². The Kier molecular flexibility index (Phi) is 5.31. The number of Topliss-reactive ketones (excluding diaryl/α,β-unsaturated/α-hetero) is 1. The van der Waals surface area contributed by atoms with Gasteiger partial charge in [-0.3, -0.25) is 14.9 Å². The fourth-order valence-electron chi connectivity index (χ4n) is 2.14. The number of nitrogens with zero attached hydrogens (tertiary/aromatic N) is 1. The van der Waals surface area contributed by atoms with Gasteiger partial charge in [-0.2, -0.15) is 0 Å². The Labute approximate surface area is 137 Å². The Bertz CT molecular complexity index is 731. The molecule has 2 rings (SSSR count). The number of halogens is 1. The zero-order valence-electron chi connectivity index (χ0n) is 12.3. The van der Waals surface area contributed by atoms with Crippen LogP contribution in [0.1, 0.15) is 28.9 Å². The lowest BCUT2D eigenvalue weighted by Gasteiger charge is -2.18. The molecule has 0 aromatic heterocycles. The average Bonchev–Trinajstić information content (AvgIpc) is 2.53. The molecule has 1 atom stereocenters. The molecular weight excluding hydrogens is 320 g/mol. The van der Waals surface area contributed by atoms with Gasteiger partial charge in [0.25, 0.3) is 5.69 Å². The normalized spacial score (nSPS) is 11.8. The van der Waals surface area contributed by atoms with Crippen LogP contribution in [0.3, 0.4) is 0 Å². The quantitative estimate of drug-likeness (QED) is 0.478. The van der Waals surface area contributed by atoms with E-state index in [-0.39, 0.29) is 29.3 Å². The van der Waals surface area contributed by atoms with Crippen molar-refractivity contribution in [1.29, 1.82) is 0 Å². The van der Waals surface area contributed by atoms with Gasteiger partial charge in [0, 0.05) is 16.7 Å². The molecule has 0 aliphatic rings. The Morgan fingerprint density at radius 3 is 2.48 bits per heavy atom. The van der Waals surface area contributed by atoms with Gasteiger partial charge in [-0.1, -0.05) is 23.7 Å². The second-order valence-electron chi connectivity index (χ2n) is 4.98. The number of hydrogen-bond acceptors (Lipinski definition) is 5. The van der Waals surface area contributed by atoms with Crippen LogP contribution in [0.25, 0.3) is 0 Å². The van der Waals surface area contributed by atoms with Gasteiger partial charge in [0.15, 0.2) is 5.78 Å². The lowest BCUT2D eigenvalue weighted by molar-refractivity contribution is -0.384. The summed E-state index contributed by atoms with van der Waals surface area (Å²) >= 11 is 5.83. The van der Waals surface area contributed by atoms with E-state index in [1.165, 1.54) is 25.1 Å². The van der Waals surface area contributed by atoms with E-state index in [0.717, 1.165) is 5.56 Å². The van der Waals surface area contributed by atoms with Crippen LogP contribution in [-0.4, -0.2) is 22.4 Å². The fraction of sp³-hybridized carbons (Fsp3) is 0.188. The van der Waals surface area contributed by atoms with Gasteiger partial charge >= 0.3 is 0 Å². The molecule has 2 N–H and O–H groups in total. The highest BCUT2D eigenvalue weighted by Crippen LogP contribution is 2.29. The smallest absolute Gasteiger partial charge is 0.293 e. The Morgan fingerprint density at radius 1 is 1.30 bits per heavy atom. The third kappa shape index (κ3) is 4.06. The van der Waals surface area contributed by atoms with Crippen molar-refractivity contribution in [3.05, 3.63) is 68.7 Å². The lowest BCUT2D eigenvalue weighted by Crippen LogP contribution is -2.16. The molecule has 0 saturated carbocycles. The van der Waals surface area contributed by atoms with E-state index in [1.54, 1.807) is 24.3 Å². The van der Waals surface area contributed by atoms with E-state index < -0.39 is 11.0 Å². The molecule has 6 nitrogen and oxygen atoms in total.